The lowest BCUT2D eigenvalue weighted by Gasteiger charge is -2.33. The Bertz CT molecular complexity index is 744. The Hall–Kier alpha value is -2.25. The third-order valence-electron chi connectivity index (χ3n) is 5.56. The number of aryl methyl sites for hydroxylation is 2. The van der Waals surface area contributed by atoms with Gasteiger partial charge < -0.3 is 20.7 Å². The van der Waals surface area contributed by atoms with Gasteiger partial charge in [0.1, 0.15) is 5.60 Å². The van der Waals surface area contributed by atoms with Gasteiger partial charge >= 0.3 is 6.09 Å². The molecule has 0 spiro atoms. The number of rotatable bonds is 9. The predicted octanol–water partition coefficient (Wildman–Crippen LogP) is 3.61. The van der Waals surface area contributed by atoms with Crippen LogP contribution in [0.15, 0.2) is 4.99 Å². The van der Waals surface area contributed by atoms with E-state index in [1.807, 2.05) is 46.3 Å². The van der Waals surface area contributed by atoms with Gasteiger partial charge in [-0.3, -0.25) is 9.67 Å². The van der Waals surface area contributed by atoms with Crippen molar-refractivity contribution in [3.63, 3.8) is 0 Å². The molecular weight excluding hydrogens is 392 g/mol. The number of hydrogen-bond acceptors (Lipinski definition) is 4. The van der Waals surface area contributed by atoms with E-state index < -0.39 is 17.2 Å². The fourth-order valence-corrected chi connectivity index (χ4v) is 3.46. The highest BCUT2D eigenvalue weighted by molar-refractivity contribution is 5.80. The number of nitrogens with one attached hydrogen (secondary N) is 3. The molecule has 0 aliphatic heterocycles. The molecule has 0 fully saturated rings. The van der Waals surface area contributed by atoms with Crippen LogP contribution in [0.3, 0.4) is 0 Å². The van der Waals surface area contributed by atoms with Crippen LogP contribution in [-0.2, 0) is 18.2 Å². The van der Waals surface area contributed by atoms with E-state index in [4.69, 9.17) is 9.73 Å². The van der Waals surface area contributed by atoms with Crippen LogP contribution in [0, 0.1) is 13.8 Å². The van der Waals surface area contributed by atoms with Crippen LogP contribution in [0.1, 0.15) is 78.3 Å². The Labute approximate surface area is 188 Å². The second-order valence-corrected chi connectivity index (χ2v) is 9.33. The van der Waals surface area contributed by atoms with E-state index >= 15 is 0 Å². The van der Waals surface area contributed by atoms with Crippen LogP contribution in [0.4, 0.5) is 4.79 Å². The molecule has 8 heteroatoms. The molecule has 1 amide bonds. The first-order chi connectivity index (χ1) is 14.4. The normalized spacial score (nSPS) is 13.7. The number of ether oxygens (including phenoxy) is 1. The monoisotopic (exact) mass is 436 g/mol. The highest BCUT2D eigenvalue weighted by Gasteiger charge is 2.30. The van der Waals surface area contributed by atoms with Gasteiger partial charge in [-0.1, -0.05) is 13.8 Å². The maximum Gasteiger partial charge on any atom is 0.408 e. The minimum Gasteiger partial charge on any atom is -0.444 e. The molecule has 1 aromatic rings. The van der Waals surface area contributed by atoms with Gasteiger partial charge in [0.05, 0.1) is 17.8 Å². The van der Waals surface area contributed by atoms with Crippen molar-refractivity contribution in [2.75, 3.05) is 13.1 Å². The Balaban J connectivity index is 2.90. The first kappa shape index (κ1) is 26.8. The number of aliphatic imine (C=N–C) groups is 1. The molecule has 0 aromatic carbocycles. The minimum atomic E-state index is -0.533. The van der Waals surface area contributed by atoms with E-state index in [0.717, 1.165) is 37.5 Å². The number of amides is 1. The molecule has 1 rings (SSSR count). The molecule has 31 heavy (non-hydrogen) atoms. The quantitative estimate of drug-likeness (QED) is 0.406. The molecule has 1 atom stereocenters. The van der Waals surface area contributed by atoms with Crippen molar-refractivity contribution in [1.82, 2.24) is 25.7 Å². The Morgan fingerprint density at radius 3 is 2.26 bits per heavy atom. The summed E-state index contributed by atoms with van der Waals surface area (Å²) in [5.41, 5.74) is 2.53. The van der Waals surface area contributed by atoms with Crippen LogP contribution >= 0.6 is 0 Å². The highest BCUT2D eigenvalue weighted by atomic mass is 16.6. The minimum absolute atomic E-state index is 0.177. The largest absolute Gasteiger partial charge is 0.444 e. The van der Waals surface area contributed by atoms with E-state index in [2.05, 4.69) is 48.7 Å². The second-order valence-electron chi connectivity index (χ2n) is 9.33. The molecule has 0 aliphatic carbocycles. The van der Waals surface area contributed by atoms with Gasteiger partial charge in [-0.05, 0) is 73.3 Å². The number of nitrogens with zero attached hydrogens (tertiary/aromatic N) is 3. The molecule has 1 aromatic heterocycles. The van der Waals surface area contributed by atoms with Gasteiger partial charge in [-0.2, -0.15) is 5.10 Å². The van der Waals surface area contributed by atoms with E-state index in [0.29, 0.717) is 6.54 Å². The molecule has 0 bridgehead atoms. The van der Waals surface area contributed by atoms with E-state index in [-0.39, 0.29) is 6.04 Å². The molecule has 0 saturated heterocycles. The van der Waals surface area contributed by atoms with Gasteiger partial charge in [0.2, 0.25) is 0 Å². The van der Waals surface area contributed by atoms with Crippen molar-refractivity contribution in [3.05, 3.63) is 17.0 Å². The number of carbonyl (C=O) groups excluding carboxylic acids is 1. The smallest absolute Gasteiger partial charge is 0.408 e. The molecule has 8 nitrogen and oxygen atoms in total. The zero-order chi connectivity index (χ0) is 23.8. The van der Waals surface area contributed by atoms with E-state index in [9.17, 15) is 4.79 Å². The van der Waals surface area contributed by atoms with Crippen molar-refractivity contribution < 1.29 is 9.53 Å². The van der Waals surface area contributed by atoms with Crippen LogP contribution in [-0.4, -0.2) is 52.1 Å². The third kappa shape index (κ3) is 8.42. The molecule has 178 valence electrons. The number of carbonyl (C=O) groups is 1. The zero-order valence-electron chi connectivity index (χ0n) is 21.3. The van der Waals surface area contributed by atoms with Crippen molar-refractivity contribution >= 4 is 12.1 Å². The standard InChI is InChI=1S/C23H44N6O2/c1-11-23(12-2,27-21(30)31-22(7,8)9)15-25-20(24-13-3)26-16(4)14-19-17(5)28-29(10)18(19)6/h16H,11-15H2,1-10H3,(H,27,30)(H2,24,25,26). The van der Waals surface area contributed by atoms with Gasteiger partial charge in [0.25, 0.3) is 0 Å². The van der Waals surface area contributed by atoms with Gasteiger partial charge in [0.15, 0.2) is 5.96 Å². The summed E-state index contributed by atoms with van der Waals surface area (Å²) in [6.07, 6.45) is 1.98. The molecule has 0 radical (unpaired) electrons. The van der Waals surface area contributed by atoms with Crippen molar-refractivity contribution in [1.29, 1.82) is 0 Å². The van der Waals surface area contributed by atoms with Crippen molar-refractivity contribution in [2.24, 2.45) is 12.0 Å². The molecule has 0 aliphatic rings. The van der Waals surface area contributed by atoms with Crippen LogP contribution in [0.2, 0.25) is 0 Å². The summed E-state index contributed by atoms with van der Waals surface area (Å²) in [6, 6.07) is 0.177. The first-order valence-electron chi connectivity index (χ1n) is 11.4. The van der Waals surface area contributed by atoms with Gasteiger partial charge in [-0.15, -0.1) is 0 Å². The number of alkyl carbamates (subject to hydrolysis) is 1. The molecule has 3 N–H and O–H groups in total. The fraction of sp³-hybridized carbons (Fsp3) is 0.783. The SMILES string of the molecule is CCNC(=NCC(CC)(CC)NC(=O)OC(C)(C)C)NC(C)Cc1c(C)nn(C)c1C. The summed E-state index contributed by atoms with van der Waals surface area (Å²) in [7, 11) is 1.97. The lowest BCUT2D eigenvalue weighted by molar-refractivity contribution is 0.0452. The Morgan fingerprint density at radius 2 is 1.81 bits per heavy atom. The summed E-state index contributed by atoms with van der Waals surface area (Å²) in [4.78, 5) is 17.2. The molecular formula is C23H44N6O2. The van der Waals surface area contributed by atoms with E-state index in [1.165, 1.54) is 11.3 Å². The summed E-state index contributed by atoms with van der Waals surface area (Å²) < 4.78 is 7.40. The molecule has 1 heterocycles. The average molecular weight is 437 g/mol. The summed E-state index contributed by atoms with van der Waals surface area (Å²) in [6.45, 7) is 19.3. The Morgan fingerprint density at radius 1 is 1.19 bits per heavy atom. The second kappa shape index (κ2) is 11.4. The topological polar surface area (TPSA) is 92.6 Å². The third-order valence-corrected chi connectivity index (χ3v) is 5.56. The summed E-state index contributed by atoms with van der Waals surface area (Å²) in [5.74, 6) is 0.742. The first-order valence-corrected chi connectivity index (χ1v) is 11.4. The summed E-state index contributed by atoms with van der Waals surface area (Å²) >= 11 is 0. The molecule has 1 unspecified atom stereocenters. The lowest BCUT2D eigenvalue weighted by Crippen LogP contribution is -2.52. The molecule has 0 saturated carbocycles. The average Bonchev–Trinajstić information content (AvgIpc) is 2.89. The number of hydrogen-bond donors (Lipinski definition) is 3. The van der Waals surface area contributed by atoms with Crippen LogP contribution in [0.5, 0.6) is 0 Å². The summed E-state index contributed by atoms with van der Waals surface area (Å²) in [5, 5.41) is 14.4. The number of guanidine groups is 1. The van der Waals surface area contributed by atoms with Crippen molar-refractivity contribution in [2.45, 2.75) is 98.8 Å². The van der Waals surface area contributed by atoms with Crippen molar-refractivity contribution in [3.8, 4) is 0 Å². The van der Waals surface area contributed by atoms with E-state index in [1.54, 1.807) is 0 Å². The highest BCUT2D eigenvalue weighted by Crippen LogP contribution is 2.18. The fourth-order valence-electron chi connectivity index (χ4n) is 3.46. The maximum atomic E-state index is 12.4. The zero-order valence-corrected chi connectivity index (χ0v) is 21.3. The number of aromatic nitrogens is 2. The van der Waals surface area contributed by atoms with Gasteiger partial charge in [0, 0.05) is 25.3 Å². The maximum absolute atomic E-state index is 12.4. The predicted molar refractivity (Wildman–Crippen MR) is 128 cm³/mol. The van der Waals surface area contributed by atoms with Crippen LogP contribution in [0.25, 0.3) is 0 Å². The lowest BCUT2D eigenvalue weighted by atomic mass is 9.93. The Kier molecular flexibility index (Phi) is 9.84. The van der Waals surface area contributed by atoms with Gasteiger partial charge in [-0.25, -0.2) is 4.79 Å². The van der Waals surface area contributed by atoms with Crippen LogP contribution < -0.4 is 16.0 Å².